The molecule has 2 aromatic carbocycles. The van der Waals surface area contributed by atoms with Crippen LogP contribution in [0.5, 0.6) is 0 Å². The molecule has 0 spiro atoms. The minimum absolute atomic E-state index is 0.00287. The molecule has 0 radical (unpaired) electrons. The molecule has 0 aliphatic heterocycles. The monoisotopic (exact) mass is 291 g/mol. The van der Waals surface area contributed by atoms with E-state index in [1.807, 2.05) is 0 Å². The molecule has 0 atom stereocenters. The van der Waals surface area contributed by atoms with Crippen LogP contribution in [0, 0.1) is 28.5 Å². The van der Waals surface area contributed by atoms with Gasteiger partial charge in [0.25, 0.3) is 5.91 Å². The molecule has 0 aliphatic carbocycles. The lowest BCUT2D eigenvalue weighted by atomic mass is 10.1. The summed E-state index contributed by atoms with van der Waals surface area (Å²) in [5.74, 6) is -0.753. The Labute approximate surface area is 126 Å². The van der Waals surface area contributed by atoms with Crippen molar-refractivity contribution in [3.05, 3.63) is 71.0 Å². The normalized spacial score (nSPS) is 9.23. The second-order valence-corrected chi connectivity index (χ2v) is 4.36. The maximum Gasteiger partial charge on any atom is 0.255 e. The van der Waals surface area contributed by atoms with E-state index in [0.29, 0.717) is 16.8 Å². The van der Waals surface area contributed by atoms with Crippen molar-refractivity contribution >= 4 is 17.7 Å². The fourth-order valence-corrected chi connectivity index (χ4v) is 1.72. The molecule has 0 saturated heterocycles. The Balaban J connectivity index is 2.10. The summed E-state index contributed by atoms with van der Waals surface area (Å²) in [5.41, 5.74) is 1.59. The Morgan fingerprint density at radius 3 is 2.14 bits per heavy atom. The van der Waals surface area contributed by atoms with Crippen LogP contribution in [0.4, 0.5) is 10.1 Å². The molecule has 22 heavy (non-hydrogen) atoms. The molecule has 0 saturated carbocycles. The van der Waals surface area contributed by atoms with Crippen LogP contribution in [0.2, 0.25) is 0 Å². The second kappa shape index (κ2) is 6.83. The van der Waals surface area contributed by atoms with Crippen LogP contribution < -0.4 is 5.32 Å². The van der Waals surface area contributed by atoms with Crippen molar-refractivity contribution < 1.29 is 9.18 Å². The Morgan fingerprint density at radius 2 is 1.59 bits per heavy atom. The van der Waals surface area contributed by atoms with Gasteiger partial charge >= 0.3 is 0 Å². The molecule has 5 heteroatoms. The van der Waals surface area contributed by atoms with Crippen molar-refractivity contribution in [1.29, 1.82) is 10.5 Å². The van der Waals surface area contributed by atoms with Gasteiger partial charge in [-0.25, -0.2) is 4.39 Å². The van der Waals surface area contributed by atoms with Gasteiger partial charge in [0, 0.05) is 11.3 Å². The number of carbonyl (C=O) groups is 1. The number of nitrogens with zero attached hydrogens (tertiary/aromatic N) is 2. The lowest BCUT2D eigenvalue weighted by Crippen LogP contribution is -2.11. The van der Waals surface area contributed by atoms with Crippen LogP contribution in [0.25, 0.3) is 6.08 Å². The lowest BCUT2D eigenvalue weighted by molar-refractivity contribution is 0.102. The van der Waals surface area contributed by atoms with Crippen LogP contribution in [0.1, 0.15) is 15.9 Å². The third kappa shape index (κ3) is 3.78. The van der Waals surface area contributed by atoms with E-state index in [1.54, 1.807) is 36.4 Å². The van der Waals surface area contributed by atoms with Crippen molar-refractivity contribution in [3.63, 3.8) is 0 Å². The van der Waals surface area contributed by atoms with E-state index in [2.05, 4.69) is 5.32 Å². The standard InChI is InChI=1S/C17H10FN3O/c18-15-5-3-14(4-6-15)17(22)21-16-7-1-12(2-8-16)9-13(10-19)11-20/h1-9H,(H,21,22). The van der Waals surface area contributed by atoms with Crippen molar-refractivity contribution in [2.24, 2.45) is 0 Å². The number of carbonyl (C=O) groups excluding carboxylic acids is 1. The Bertz CT molecular complexity index is 778. The quantitative estimate of drug-likeness (QED) is 0.879. The maximum atomic E-state index is 12.8. The number of hydrogen-bond donors (Lipinski definition) is 1. The van der Waals surface area contributed by atoms with Crippen LogP contribution in [-0.4, -0.2) is 5.91 Å². The summed E-state index contributed by atoms with van der Waals surface area (Å²) in [7, 11) is 0. The molecule has 1 amide bonds. The van der Waals surface area contributed by atoms with Crippen LogP contribution in [0.3, 0.4) is 0 Å². The largest absolute Gasteiger partial charge is 0.322 e. The van der Waals surface area contributed by atoms with Gasteiger partial charge in [-0.3, -0.25) is 4.79 Å². The number of amides is 1. The van der Waals surface area contributed by atoms with Gasteiger partial charge in [-0.2, -0.15) is 10.5 Å². The average molecular weight is 291 g/mol. The molecule has 106 valence electrons. The minimum Gasteiger partial charge on any atom is -0.322 e. The van der Waals surface area contributed by atoms with E-state index in [0.717, 1.165) is 0 Å². The third-order valence-electron chi connectivity index (χ3n) is 2.83. The first-order valence-corrected chi connectivity index (χ1v) is 6.31. The maximum absolute atomic E-state index is 12.8. The van der Waals surface area contributed by atoms with Crippen LogP contribution in [0.15, 0.2) is 54.1 Å². The predicted molar refractivity (Wildman–Crippen MR) is 80.0 cm³/mol. The molecule has 0 aliphatic rings. The molecular formula is C17H10FN3O. The molecule has 0 unspecified atom stereocenters. The van der Waals surface area contributed by atoms with E-state index >= 15 is 0 Å². The topological polar surface area (TPSA) is 76.7 Å². The summed E-state index contributed by atoms with van der Waals surface area (Å²) in [6.07, 6.45) is 1.45. The summed E-state index contributed by atoms with van der Waals surface area (Å²) >= 11 is 0. The van der Waals surface area contributed by atoms with E-state index in [1.165, 1.54) is 30.3 Å². The van der Waals surface area contributed by atoms with Gasteiger partial charge in [-0.05, 0) is 48.0 Å². The fourth-order valence-electron chi connectivity index (χ4n) is 1.72. The molecule has 0 heterocycles. The first-order chi connectivity index (χ1) is 10.6. The SMILES string of the molecule is N#CC(C#N)=Cc1ccc(NC(=O)c2ccc(F)cc2)cc1. The highest BCUT2D eigenvalue weighted by Gasteiger charge is 2.06. The van der Waals surface area contributed by atoms with Crippen molar-refractivity contribution in [3.8, 4) is 12.1 Å². The first kappa shape index (κ1) is 15.0. The predicted octanol–water partition coefficient (Wildman–Crippen LogP) is 3.51. The summed E-state index contributed by atoms with van der Waals surface area (Å²) in [6.45, 7) is 0. The van der Waals surface area contributed by atoms with Gasteiger partial charge in [0.15, 0.2) is 0 Å². The summed E-state index contributed by atoms with van der Waals surface area (Å²) in [5, 5.41) is 20.0. The number of halogens is 1. The average Bonchev–Trinajstić information content (AvgIpc) is 2.54. The van der Waals surface area contributed by atoms with Crippen LogP contribution >= 0.6 is 0 Å². The number of benzene rings is 2. The van der Waals surface area contributed by atoms with Gasteiger partial charge in [0.2, 0.25) is 0 Å². The Hall–Kier alpha value is -3.44. The highest BCUT2D eigenvalue weighted by Crippen LogP contribution is 2.14. The molecule has 4 nitrogen and oxygen atoms in total. The summed E-state index contributed by atoms with van der Waals surface area (Å²) < 4.78 is 12.8. The number of anilines is 1. The summed E-state index contributed by atoms with van der Waals surface area (Å²) in [4.78, 5) is 11.9. The highest BCUT2D eigenvalue weighted by atomic mass is 19.1. The Kier molecular flexibility index (Phi) is 4.64. The molecule has 0 fully saturated rings. The first-order valence-electron chi connectivity index (χ1n) is 6.31. The van der Waals surface area contributed by atoms with Crippen LogP contribution in [-0.2, 0) is 0 Å². The number of nitriles is 2. The summed E-state index contributed by atoms with van der Waals surface area (Å²) in [6, 6.07) is 15.4. The van der Waals surface area contributed by atoms with Gasteiger partial charge in [0.05, 0.1) is 0 Å². The zero-order valence-corrected chi connectivity index (χ0v) is 11.4. The third-order valence-corrected chi connectivity index (χ3v) is 2.83. The number of rotatable bonds is 3. The Morgan fingerprint density at radius 1 is 1.00 bits per heavy atom. The van der Waals surface area contributed by atoms with Gasteiger partial charge in [-0.15, -0.1) is 0 Å². The minimum atomic E-state index is -0.404. The number of allylic oxidation sites excluding steroid dienone is 1. The smallest absolute Gasteiger partial charge is 0.255 e. The molecule has 1 N–H and O–H groups in total. The van der Waals surface area contributed by atoms with E-state index < -0.39 is 5.82 Å². The van der Waals surface area contributed by atoms with Crippen molar-refractivity contribution in [2.45, 2.75) is 0 Å². The van der Waals surface area contributed by atoms with Gasteiger partial charge in [-0.1, -0.05) is 12.1 Å². The van der Waals surface area contributed by atoms with Gasteiger partial charge < -0.3 is 5.32 Å². The van der Waals surface area contributed by atoms with E-state index in [-0.39, 0.29) is 11.5 Å². The zero-order valence-electron chi connectivity index (χ0n) is 11.4. The van der Waals surface area contributed by atoms with E-state index in [4.69, 9.17) is 10.5 Å². The number of hydrogen-bond acceptors (Lipinski definition) is 3. The van der Waals surface area contributed by atoms with Crippen molar-refractivity contribution in [2.75, 3.05) is 5.32 Å². The molecule has 0 bridgehead atoms. The highest BCUT2D eigenvalue weighted by molar-refractivity contribution is 6.04. The lowest BCUT2D eigenvalue weighted by Gasteiger charge is -2.05. The van der Waals surface area contributed by atoms with E-state index in [9.17, 15) is 9.18 Å². The molecule has 2 aromatic rings. The zero-order chi connectivity index (χ0) is 15.9. The molecule has 0 aromatic heterocycles. The van der Waals surface area contributed by atoms with Crippen molar-refractivity contribution in [1.82, 2.24) is 0 Å². The molecular weight excluding hydrogens is 281 g/mol. The number of nitrogens with one attached hydrogen (secondary N) is 1. The molecule has 2 rings (SSSR count). The second-order valence-electron chi connectivity index (χ2n) is 4.36. The fraction of sp³-hybridized carbons (Fsp3) is 0. The van der Waals surface area contributed by atoms with Gasteiger partial charge in [0.1, 0.15) is 23.5 Å².